The lowest BCUT2D eigenvalue weighted by atomic mass is 9.98. The molecule has 1 aromatic carbocycles. The molecule has 0 aromatic heterocycles. The van der Waals surface area contributed by atoms with Gasteiger partial charge in [0.2, 0.25) is 5.91 Å². The van der Waals surface area contributed by atoms with E-state index in [2.05, 4.69) is 42.1 Å². The predicted molar refractivity (Wildman–Crippen MR) is 94.5 cm³/mol. The number of rotatable bonds is 7. The summed E-state index contributed by atoms with van der Waals surface area (Å²) in [4.78, 5) is 12.7. The Kier molecular flexibility index (Phi) is 5.41. The Morgan fingerprint density at radius 1 is 1.25 bits per heavy atom. The van der Waals surface area contributed by atoms with Crippen LogP contribution in [0.5, 0.6) is 5.75 Å². The fraction of sp³-hybridized carbons (Fsp3) is 0.632. The number of methoxy groups -OCH3 is 1. The van der Waals surface area contributed by atoms with Gasteiger partial charge in [-0.1, -0.05) is 26.0 Å². The molecule has 5 heteroatoms. The zero-order valence-electron chi connectivity index (χ0n) is 14.8. The van der Waals surface area contributed by atoms with Crippen molar-refractivity contribution in [2.45, 2.75) is 57.7 Å². The number of ether oxygens (including phenoxy) is 1. The molecule has 24 heavy (non-hydrogen) atoms. The van der Waals surface area contributed by atoms with Crippen molar-refractivity contribution in [3.8, 4) is 5.75 Å². The summed E-state index contributed by atoms with van der Waals surface area (Å²) in [6, 6.07) is 8.38. The van der Waals surface area contributed by atoms with E-state index in [1.54, 1.807) is 7.11 Å². The Morgan fingerprint density at radius 2 is 1.96 bits per heavy atom. The van der Waals surface area contributed by atoms with E-state index in [0.29, 0.717) is 17.9 Å². The highest BCUT2D eigenvalue weighted by Crippen LogP contribution is 2.41. The predicted octanol–water partition coefficient (Wildman–Crippen LogP) is 2.54. The third-order valence-electron chi connectivity index (χ3n) is 4.92. The Morgan fingerprint density at radius 3 is 2.54 bits per heavy atom. The van der Waals surface area contributed by atoms with Crippen LogP contribution in [-0.2, 0) is 4.79 Å². The van der Waals surface area contributed by atoms with Crippen molar-refractivity contribution in [3.63, 3.8) is 0 Å². The van der Waals surface area contributed by atoms with Gasteiger partial charge in [-0.05, 0) is 55.2 Å². The lowest BCUT2D eigenvalue weighted by Crippen LogP contribution is -2.45. The van der Waals surface area contributed by atoms with Crippen LogP contribution in [-0.4, -0.2) is 25.1 Å². The first kappa shape index (κ1) is 17.2. The smallest absolute Gasteiger partial charge is 0.239 e. The Balaban J connectivity index is 1.60. The van der Waals surface area contributed by atoms with Gasteiger partial charge in [0, 0.05) is 6.04 Å². The van der Waals surface area contributed by atoms with E-state index < -0.39 is 0 Å². The monoisotopic (exact) mass is 331 g/mol. The van der Waals surface area contributed by atoms with Crippen LogP contribution in [0.1, 0.15) is 51.1 Å². The molecule has 0 bridgehead atoms. The van der Waals surface area contributed by atoms with E-state index in [4.69, 9.17) is 4.74 Å². The summed E-state index contributed by atoms with van der Waals surface area (Å²) < 4.78 is 5.23. The molecule has 3 atom stereocenters. The Labute approximate surface area is 144 Å². The van der Waals surface area contributed by atoms with Crippen LogP contribution in [0.15, 0.2) is 24.3 Å². The second-order valence-electron chi connectivity index (χ2n) is 7.50. The first-order valence-electron chi connectivity index (χ1n) is 9.02. The van der Waals surface area contributed by atoms with Gasteiger partial charge in [-0.25, -0.2) is 5.43 Å². The number of benzene rings is 1. The highest BCUT2D eigenvalue weighted by Gasteiger charge is 2.36. The second-order valence-corrected chi connectivity index (χ2v) is 7.50. The summed E-state index contributed by atoms with van der Waals surface area (Å²) in [5.74, 6) is 2.13. The molecule has 3 rings (SSSR count). The first-order chi connectivity index (χ1) is 11.6. The molecular weight excluding hydrogens is 302 g/mol. The zero-order valence-corrected chi connectivity index (χ0v) is 14.8. The number of carbonyl (C=O) groups excluding carboxylic acids is 1. The van der Waals surface area contributed by atoms with E-state index in [-0.39, 0.29) is 18.0 Å². The van der Waals surface area contributed by atoms with Gasteiger partial charge in [0.05, 0.1) is 13.2 Å². The molecule has 1 aliphatic heterocycles. The summed E-state index contributed by atoms with van der Waals surface area (Å²) in [7, 11) is 1.67. The summed E-state index contributed by atoms with van der Waals surface area (Å²) in [6.45, 7) is 4.42. The Hall–Kier alpha value is -1.59. The first-order valence-corrected chi connectivity index (χ1v) is 9.02. The van der Waals surface area contributed by atoms with Crippen LogP contribution in [0.4, 0.5) is 0 Å². The number of carbonyl (C=O) groups is 1. The SMILES string of the molecule is COc1ccc(C(NC(=O)C2CC(CC(C)C)NN2)C2CC2)cc1. The van der Waals surface area contributed by atoms with Gasteiger partial charge in [0.15, 0.2) is 0 Å². The molecule has 1 aromatic rings. The van der Waals surface area contributed by atoms with Crippen LogP contribution >= 0.6 is 0 Å². The molecule has 1 saturated heterocycles. The summed E-state index contributed by atoms with van der Waals surface area (Å²) in [5, 5.41) is 3.27. The van der Waals surface area contributed by atoms with E-state index >= 15 is 0 Å². The third kappa shape index (κ3) is 4.28. The standard InChI is InChI=1S/C19H29N3O2/c1-12(2)10-15-11-17(22-21-15)19(23)20-18(13-4-5-13)14-6-8-16(24-3)9-7-14/h6-9,12-13,15,17-18,21-22H,4-5,10-11H2,1-3H3,(H,20,23). The van der Waals surface area contributed by atoms with Crippen LogP contribution in [0.2, 0.25) is 0 Å². The maximum Gasteiger partial charge on any atom is 0.239 e. The molecule has 3 unspecified atom stereocenters. The minimum Gasteiger partial charge on any atom is -0.497 e. The molecule has 2 fully saturated rings. The number of nitrogens with one attached hydrogen (secondary N) is 3. The highest BCUT2D eigenvalue weighted by molar-refractivity contribution is 5.82. The topological polar surface area (TPSA) is 62.4 Å². The normalized spacial score (nSPS) is 24.8. The average molecular weight is 331 g/mol. The number of hydrogen-bond acceptors (Lipinski definition) is 4. The van der Waals surface area contributed by atoms with Crippen molar-refractivity contribution < 1.29 is 9.53 Å². The number of hydrazine groups is 1. The Bertz CT molecular complexity index is 554. The minimum absolute atomic E-state index is 0.0986. The van der Waals surface area contributed by atoms with Gasteiger partial charge < -0.3 is 10.1 Å². The summed E-state index contributed by atoms with van der Waals surface area (Å²) in [5.41, 5.74) is 7.59. The highest BCUT2D eigenvalue weighted by atomic mass is 16.5. The van der Waals surface area contributed by atoms with E-state index in [0.717, 1.165) is 24.2 Å². The van der Waals surface area contributed by atoms with Gasteiger partial charge in [0.1, 0.15) is 11.8 Å². The van der Waals surface area contributed by atoms with Gasteiger partial charge in [-0.3, -0.25) is 10.2 Å². The average Bonchev–Trinajstić information content (AvgIpc) is 3.31. The van der Waals surface area contributed by atoms with E-state index in [9.17, 15) is 4.79 Å². The summed E-state index contributed by atoms with van der Waals surface area (Å²) in [6.07, 6.45) is 4.30. The molecular formula is C19H29N3O2. The lowest BCUT2D eigenvalue weighted by Gasteiger charge is -2.21. The molecule has 0 spiro atoms. The molecule has 1 heterocycles. The van der Waals surface area contributed by atoms with Crippen molar-refractivity contribution >= 4 is 5.91 Å². The molecule has 1 aliphatic carbocycles. The van der Waals surface area contributed by atoms with Crippen LogP contribution in [0, 0.1) is 11.8 Å². The minimum atomic E-state index is -0.145. The fourth-order valence-electron chi connectivity index (χ4n) is 3.49. The van der Waals surface area contributed by atoms with E-state index in [1.807, 2.05) is 12.1 Å². The lowest BCUT2D eigenvalue weighted by molar-refractivity contribution is -0.123. The molecule has 0 radical (unpaired) electrons. The largest absolute Gasteiger partial charge is 0.497 e. The van der Waals surface area contributed by atoms with Crippen LogP contribution < -0.4 is 20.9 Å². The molecule has 132 valence electrons. The maximum atomic E-state index is 12.7. The quantitative estimate of drug-likeness (QED) is 0.718. The zero-order chi connectivity index (χ0) is 17.1. The van der Waals surface area contributed by atoms with Gasteiger partial charge in [-0.15, -0.1) is 0 Å². The molecule has 3 N–H and O–H groups in total. The van der Waals surface area contributed by atoms with Crippen LogP contribution in [0.3, 0.4) is 0 Å². The molecule has 1 amide bonds. The fourth-order valence-corrected chi connectivity index (χ4v) is 3.49. The molecule has 2 aliphatic rings. The van der Waals surface area contributed by atoms with Crippen molar-refractivity contribution in [3.05, 3.63) is 29.8 Å². The van der Waals surface area contributed by atoms with Crippen molar-refractivity contribution in [2.24, 2.45) is 11.8 Å². The van der Waals surface area contributed by atoms with Crippen LogP contribution in [0.25, 0.3) is 0 Å². The van der Waals surface area contributed by atoms with Crippen molar-refractivity contribution in [1.29, 1.82) is 0 Å². The van der Waals surface area contributed by atoms with E-state index in [1.165, 1.54) is 12.8 Å². The van der Waals surface area contributed by atoms with Gasteiger partial charge in [-0.2, -0.15) is 0 Å². The number of hydrogen-bond donors (Lipinski definition) is 3. The van der Waals surface area contributed by atoms with Gasteiger partial charge in [0.25, 0.3) is 0 Å². The van der Waals surface area contributed by atoms with Crippen molar-refractivity contribution in [2.75, 3.05) is 7.11 Å². The van der Waals surface area contributed by atoms with Crippen molar-refractivity contribution in [1.82, 2.24) is 16.2 Å². The molecule has 5 nitrogen and oxygen atoms in total. The summed E-state index contributed by atoms with van der Waals surface area (Å²) >= 11 is 0. The van der Waals surface area contributed by atoms with Gasteiger partial charge >= 0.3 is 0 Å². The molecule has 1 saturated carbocycles. The number of amides is 1. The second kappa shape index (κ2) is 7.53. The third-order valence-corrected chi connectivity index (χ3v) is 4.92. The maximum absolute atomic E-state index is 12.7.